The molecule has 1 amide bonds. The Labute approximate surface area is 119 Å². The fourth-order valence-electron chi connectivity index (χ4n) is 3.00. The second-order valence-corrected chi connectivity index (χ2v) is 5.70. The van der Waals surface area contributed by atoms with Crippen LogP contribution in [0.25, 0.3) is 5.65 Å². The number of carbonyl (C=O) groups is 1. The lowest BCUT2D eigenvalue weighted by Crippen LogP contribution is -2.34. The average Bonchev–Trinajstić information content (AvgIpc) is 2.64. The number of hydrogen-bond donors (Lipinski definition) is 1. The Kier molecular flexibility index (Phi) is 3.72. The first kappa shape index (κ1) is 13.2. The molecule has 2 aromatic heterocycles. The van der Waals surface area contributed by atoms with Crippen LogP contribution in [-0.2, 0) is 0 Å². The Balaban J connectivity index is 1.81. The molecule has 1 aliphatic carbocycles. The molecule has 0 atom stereocenters. The molecule has 4 heteroatoms. The standard InChI is InChI=1S/C16H21N3O/c1-12-11-19-10-6-9-14(15(19)17-12)16(20)18-13-7-4-2-3-5-8-13/h6,9-11,13H,2-5,7-8H2,1H3,(H,18,20). The molecule has 1 aliphatic rings. The molecule has 1 saturated carbocycles. The summed E-state index contributed by atoms with van der Waals surface area (Å²) in [6, 6.07) is 4.07. The van der Waals surface area contributed by atoms with Crippen LogP contribution in [-0.4, -0.2) is 21.3 Å². The third-order valence-corrected chi connectivity index (χ3v) is 4.04. The van der Waals surface area contributed by atoms with Crippen LogP contribution in [0, 0.1) is 6.92 Å². The highest BCUT2D eigenvalue weighted by Crippen LogP contribution is 2.18. The van der Waals surface area contributed by atoms with E-state index in [0.29, 0.717) is 11.6 Å². The quantitative estimate of drug-likeness (QED) is 0.853. The second kappa shape index (κ2) is 5.65. The normalized spacial score (nSPS) is 17.1. The number of nitrogens with zero attached hydrogens (tertiary/aromatic N) is 2. The molecule has 0 unspecified atom stereocenters. The summed E-state index contributed by atoms with van der Waals surface area (Å²) in [6.07, 6.45) is 11.1. The van der Waals surface area contributed by atoms with Crippen LogP contribution in [0.15, 0.2) is 24.5 Å². The maximum atomic E-state index is 12.5. The van der Waals surface area contributed by atoms with Gasteiger partial charge in [0, 0.05) is 18.4 Å². The number of carbonyl (C=O) groups excluding carboxylic acids is 1. The smallest absolute Gasteiger partial charge is 0.255 e. The van der Waals surface area contributed by atoms with Crippen LogP contribution in [0.5, 0.6) is 0 Å². The van der Waals surface area contributed by atoms with Gasteiger partial charge in [0.05, 0.1) is 11.3 Å². The lowest BCUT2D eigenvalue weighted by Gasteiger charge is -2.16. The number of aromatic nitrogens is 2. The molecule has 1 N–H and O–H groups in total. The molecule has 2 heterocycles. The first-order chi connectivity index (χ1) is 9.74. The predicted octanol–water partition coefficient (Wildman–Crippen LogP) is 3.10. The van der Waals surface area contributed by atoms with Crippen molar-refractivity contribution in [2.45, 2.75) is 51.5 Å². The number of amides is 1. The maximum absolute atomic E-state index is 12.5. The lowest BCUT2D eigenvalue weighted by atomic mass is 10.1. The first-order valence-corrected chi connectivity index (χ1v) is 7.49. The molecule has 0 saturated heterocycles. The number of hydrogen-bond acceptors (Lipinski definition) is 2. The summed E-state index contributed by atoms with van der Waals surface area (Å²) in [5.41, 5.74) is 2.35. The number of aryl methyl sites for hydroxylation is 1. The Hall–Kier alpha value is -1.84. The monoisotopic (exact) mass is 271 g/mol. The van der Waals surface area contributed by atoms with E-state index in [4.69, 9.17) is 0 Å². The Bertz CT molecular complexity index is 609. The van der Waals surface area contributed by atoms with Gasteiger partial charge in [-0.1, -0.05) is 25.7 Å². The highest BCUT2D eigenvalue weighted by atomic mass is 16.1. The van der Waals surface area contributed by atoms with Crippen LogP contribution in [0.4, 0.5) is 0 Å². The maximum Gasteiger partial charge on any atom is 0.255 e. The van der Waals surface area contributed by atoms with Crippen molar-refractivity contribution in [3.05, 3.63) is 35.8 Å². The van der Waals surface area contributed by atoms with E-state index in [1.807, 2.05) is 35.9 Å². The SMILES string of the molecule is Cc1cn2cccc(C(=O)NC3CCCCCC3)c2n1. The summed E-state index contributed by atoms with van der Waals surface area (Å²) < 4.78 is 1.91. The predicted molar refractivity (Wildman–Crippen MR) is 78.9 cm³/mol. The van der Waals surface area contributed by atoms with Gasteiger partial charge in [-0.05, 0) is 31.9 Å². The van der Waals surface area contributed by atoms with Crippen molar-refractivity contribution in [3.8, 4) is 0 Å². The molecule has 0 aliphatic heterocycles. The highest BCUT2D eigenvalue weighted by Gasteiger charge is 2.18. The highest BCUT2D eigenvalue weighted by molar-refractivity contribution is 5.99. The summed E-state index contributed by atoms with van der Waals surface area (Å²) in [5.74, 6) is 0.00750. The summed E-state index contributed by atoms with van der Waals surface area (Å²) in [5, 5.41) is 3.18. The fourth-order valence-corrected chi connectivity index (χ4v) is 3.00. The molecule has 0 radical (unpaired) electrons. The van der Waals surface area contributed by atoms with Gasteiger partial charge in [0.2, 0.25) is 0 Å². The van der Waals surface area contributed by atoms with Crippen molar-refractivity contribution < 1.29 is 4.79 Å². The molecular weight excluding hydrogens is 250 g/mol. The molecule has 3 rings (SSSR count). The molecule has 1 fully saturated rings. The molecule has 106 valence electrons. The van der Waals surface area contributed by atoms with Gasteiger partial charge in [0.1, 0.15) is 5.65 Å². The topological polar surface area (TPSA) is 46.4 Å². The van der Waals surface area contributed by atoms with Crippen LogP contribution in [0.1, 0.15) is 54.6 Å². The molecule has 2 aromatic rings. The van der Waals surface area contributed by atoms with Crippen molar-refractivity contribution in [1.82, 2.24) is 14.7 Å². The second-order valence-electron chi connectivity index (χ2n) is 5.70. The molecule has 4 nitrogen and oxygen atoms in total. The van der Waals surface area contributed by atoms with Crippen LogP contribution < -0.4 is 5.32 Å². The zero-order chi connectivity index (χ0) is 13.9. The average molecular weight is 271 g/mol. The van der Waals surface area contributed by atoms with Crippen molar-refractivity contribution in [2.75, 3.05) is 0 Å². The van der Waals surface area contributed by atoms with Gasteiger partial charge in [-0.2, -0.15) is 0 Å². The fraction of sp³-hybridized carbons (Fsp3) is 0.500. The van der Waals surface area contributed by atoms with Crippen molar-refractivity contribution in [1.29, 1.82) is 0 Å². The Morgan fingerprint density at radius 2 is 2.05 bits per heavy atom. The van der Waals surface area contributed by atoms with Crippen molar-refractivity contribution >= 4 is 11.6 Å². The van der Waals surface area contributed by atoms with Crippen molar-refractivity contribution in [3.63, 3.8) is 0 Å². The van der Waals surface area contributed by atoms with Gasteiger partial charge in [0.25, 0.3) is 5.91 Å². The summed E-state index contributed by atoms with van der Waals surface area (Å²) in [7, 11) is 0. The summed E-state index contributed by atoms with van der Waals surface area (Å²) in [4.78, 5) is 16.9. The molecule has 0 aromatic carbocycles. The van der Waals surface area contributed by atoms with Gasteiger partial charge in [-0.15, -0.1) is 0 Å². The van der Waals surface area contributed by atoms with Crippen LogP contribution in [0.2, 0.25) is 0 Å². The van der Waals surface area contributed by atoms with Crippen LogP contribution in [0.3, 0.4) is 0 Å². The summed E-state index contributed by atoms with van der Waals surface area (Å²) >= 11 is 0. The number of fused-ring (bicyclic) bond motifs is 1. The number of nitrogens with one attached hydrogen (secondary N) is 1. The number of rotatable bonds is 2. The van der Waals surface area contributed by atoms with Gasteiger partial charge in [0.15, 0.2) is 0 Å². The van der Waals surface area contributed by atoms with E-state index in [-0.39, 0.29) is 5.91 Å². The van der Waals surface area contributed by atoms with Crippen LogP contribution >= 0.6 is 0 Å². The zero-order valence-electron chi connectivity index (χ0n) is 11.9. The molecule has 0 spiro atoms. The van der Waals surface area contributed by atoms with E-state index in [1.54, 1.807) is 0 Å². The Morgan fingerprint density at radius 1 is 1.30 bits per heavy atom. The molecule has 20 heavy (non-hydrogen) atoms. The van der Waals surface area contributed by atoms with E-state index < -0.39 is 0 Å². The van der Waals surface area contributed by atoms with Crippen molar-refractivity contribution in [2.24, 2.45) is 0 Å². The Morgan fingerprint density at radius 3 is 2.80 bits per heavy atom. The van der Waals surface area contributed by atoms with Gasteiger partial charge in [-0.25, -0.2) is 4.98 Å². The van der Waals surface area contributed by atoms with E-state index in [0.717, 1.165) is 24.2 Å². The number of pyridine rings is 1. The number of imidazole rings is 1. The summed E-state index contributed by atoms with van der Waals surface area (Å²) in [6.45, 7) is 1.94. The van der Waals surface area contributed by atoms with Gasteiger partial charge < -0.3 is 9.72 Å². The minimum absolute atomic E-state index is 0.00750. The zero-order valence-corrected chi connectivity index (χ0v) is 11.9. The third-order valence-electron chi connectivity index (χ3n) is 4.04. The van der Waals surface area contributed by atoms with Gasteiger partial charge >= 0.3 is 0 Å². The minimum Gasteiger partial charge on any atom is -0.349 e. The molecular formula is C16H21N3O. The van der Waals surface area contributed by atoms with Gasteiger partial charge in [-0.3, -0.25) is 4.79 Å². The largest absolute Gasteiger partial charge is 0.349 e. The minimum atomic E-state index is 0.00750. The van der Waals surface area contributed by atoms with E-state index in [1.165, 1.54) is 25.7 Å². The first-order valence-electron chi connectivity index (χ1n) is 7.49. The van der Waals surface area contributed by atoms with E-state index >= 15 is 0 Å². The third kappa shape index (κ3) is 2.69. The van der Waals surface area contributed by atoms with E-state index in [2.05, 4.69) is 10.3 Å². The molecule has 0 bridgehead atoms. The van der Waals surface area contributed by atoms with E-state index in [9.17, 15) is 4.79 Å². The lowest BCUT2D eigenvalue weighted by molar-refractivity contribution is 0.0934.